The lowest BCUT2D eigenvalue weighted by Crippen LogP contribution is -2.53. The van der Waals surface area contributed by atoms with E-state index in [9.17, 15) is 9.59 Å². The first-order valence-electron chi connectivity index (χ1n) is 8.94. The molecule has 2 saturated heterocycles. The van der Waals surface area contributed by atoms with Crippen LogP contribution in [0.3, 0.4) is 0 Å². The van der Waals surface area contributed by atoms with Gasteiger partial charge >= 0.3 is 6.09 Å². The number of nitrogens with one attached hydrogen (secondary N) is 1. The van der Waals surface area contributed by atoms with Gasteiger partial charge in [-0.15, -0.1) is 0 Å². The zero-order valence-electron chi connectivity index (χ0n) is 15.2. The Bertz CT molecular complexity index is 631. The van der Waals surface area contributed by atoms with Crippen LogP contribution in [0.15, 0.2) is 24.5 Å². The van der Waals surface area contributed by atoms with Gasteiger partial charge in [0.25, 0.3) is 0 Å². The number of nitrogens with zero attached hydrogens (tertiary/aromatic N) is 2. The average Bonchev–Trinajstić information content (AvgIpc) is 2.55. The quantitative estimate of drug-likeness (QED) is 0.849. The van der Waals surface area contributed by atoms with Crippen LogP contribution in [-0.2, 0) is 9.53 Å². The van der Waals surface area contributed by atoms with Crippen molar-refractivity contribution in [1.82, 2.24) is 15.2 Å². The third-order valence-corrected chi connectivity index (χ3v) is 5.25. The number of pyridine rings is 1. The van der Waals surface area contributed by atoms with Gasteiger partial charge in [-0.25, -0.2) is 4.79 Å². The lowest BCUT2D eigenvalue weighted by Gasteiger charge is -2.48. The fourth-order valence-electron chi connectivity index (χ4n) is 3.98. The molecule has 3 heterocycles. The van der Waals surface area contributed by atoms with E-state index in [2.05, 4.69) is 16.4 Å². The highest BCUT2D eigenvalue weighted by atomic mass is 16.6. The van der Waals surface area contributed by atoms with Gasteiger partial charge in [0.05, 0.1) is 0 Å². The molecule has 0 aromatic carbocycles. The predicted molar refractivity (Wildman–Crippen MR) is 94.1 cm³/mol. The topological polar surface area (TPSA) is 71.5 Å². The molecule has 1 unspecified atom stereocenters. The molecule has 0 bridgehead atoms. The SMILES string of the molecule is CC(C)(C)OC(=O)N1CCC2(CC1)CC(=O)NCC2c1cccnc1. The van der Waals surface area contributed by atoms with Gasteiger partial charge in [0.2, 0.25) is 5.91 Å². The van der Waals surface area contributed by atoms with Crippen molar-refractivity contribution in [3.63, 3.8) is 0 Å². The van der Waals surface area contributed by atoms with Crippen molar-refractivity contribution in [2.24, 2.45) is 5.41 Å². The summed E-state index contributed by atoms with van der Waals surface area (Å²) in [6, 6.07) is 4.02. The van der Waals surface area contributed by atoms with Crippen molar-refractivity contribution in [1.29, 1.82) is 0 Å². The molecule has 6 nitrogen and oxygen atoms in total. The normalized spacial score (nSPS) is 23.2. The summed E-state index contributed by atoms with van der Waals surface area (Å²) in [6.45, 7) is 7.51. The minimum absolute atomic E-state index is 0.103. The van der Waals surface area contributed by atoms with E-state index in [1.807, 2.05) is 33.0 Å². The molecule has 1 atom stereocenters. The summed E-state index contributed by atoms with van der Waals surface area (Å²) in [5, 5.41) is 3.00. The van der Waals surface area contributed by atoms with E-state index in [-0.39, 0.29) is 23.3 Å². The molecule has 25 heavy (non-hydrogen) atoms. The Kier molecular flexibility index (Phi) is 4.71. The first-order valence-corrected chi connectivity index (χ1v) is 8.94. The second kappa shape index (κ2) is 6.65. The molecule has 1 aromatic heterocycles. The number of piperidine rings is 2. The highest BCUT2D eigenvalue weighted by molar-refractivity contribution is 5.78. The van der Waals surface area contributed by atoms with E-state index in [1.54, 1.807) is 11.1 Å². The van der Waals surface area contributed by atoms with Gasteiger partial charge in [-0.1, -0.05) is 6.07 Å². The Morgan fingerprint density at radius 2 is 2.08 bits per heavy atom. The van der Waals surface area contributed by atoms with Gasteiger partial charge in [0, 0.05) is 44.4 Å². The predicted octanol–water partition coefficient (Wildman–Crippen LogP) is 2.70. The van der Waals surface area contributed by atoms with Gasteiger partial charge in [-0.3, -0.25) is 9.78 Å². The maximum Gasteiger partial charge on any atom is 0.410 e. The molecule has 0 saturated carbocycles. The van der Waals surface area contributed by atoms with Crippen molar-refractivity contribution in [3.8, 4) is 0 Å². The lowest BCUT2D eigenvalue weighted by molar-refractivity contribution is -0.128. The Balaban J connectivity index is 1.74. The van der Waals surface area contributed by atoms with Crippen LogP contribution in [0.1, 0.15) is 51.5 Å². The highest BCUT2D eigenvalue weighted by Crippen LogP contribution is 2.48. The number of ether oxygens (including phenoxy) is 1. The molecule has 136 valence electrons. The molecule has 2 aliphatic rings. The number of carbonyl (C=O) groups is 2. The zero-order valence-corrected chi connectivity index (χ0v) is 15.2. The van der Waals surface area contributed by atoms with Gasteiger partial charge in [0.15, 0.2) is 0 Å². The van der Waals surface area contributed by atoms with Gasteiger partial charge < -0.3 is 15.0 Å². The first kappa shape index (κ1) is 17.7. The molecule has 1 N–H and O–H groups in total. The smallest absolute Gasteiger partial charge is 0.410 e. The van der Waals surface area contributed by atoms with E-state index < -0.39 is 5.60 Å². The Labute approximate surface area is 148 Å². The van der Waals surface area contributed by atoms with Gasteiger partial charge in [-0.05, 0) is 50.7 Å². The van der Waals surface area contributed by atoms with Gasteiger partial charge in [0.1, 0.15) is 5.60 Å². The van der Waals surface area contributed by atoms with Crippen LogP contribution in [0.4, 0.5) is 4.79 Å². The maximum atomic E-state index is 12.3. The van der Waals surface area contributed by atoms with Crippen LogP contribution in [0.2, 0.25) is 0 Å². The van der Waals surface area contributed by atoms with Crippen LogP contribution in [0, 0.1) is 5.41 Å². The van der Waals surface area contributed by atoms with E-state index in [1.165, 1.54) is 0 Å². The average molecular weight is 345 g/mol. The van der Waals surface area contributed by atoms with Crippen molar-refractivity contribution >= 4 is 12.0 Å². The fourth-order valence-corrected chi connectivity index (χ4v) is 3.98. The van der Waals surface area contributed by atoms with Crippen LogP contribution >= 0.6 is 0 Å². The molecule has 2 fully saturated rings. The Morgan fingerprint density at radius 1 is 1.36 bits per heavy atom. The molecule has 1 spiro atoms. The molecule has 6 heteroatoms. The monoisotopic (exact) mass is 345 g/mol. The molecule has 2 aliphatic heterocycles. The molecule has 0 aliphatic carbocycles. The minimum Gasteiger partial charge on any atom is -0.444 e. The van der Waals surface area contributed by atoms with Crippen LogP contribution in [0.25, 0.3) is 0 Å². The molecular formula is C19H27N3O3. The van der Waals surface area contributed by atoms with E-state index in [0.717, 1.165) is 18.4 Å². The number of amides is 2. The third kappa shape index (κ3) is 3.94. The van der Waals surface area contributed by atoms with Crippen LogP contribution in [-0.4, -0.2) is 47.1 Å². The number of likely N-dealkylation sites (tertiary alicyclic amines) is 1. The fraction of sp³-hybridized carbons (Fsp3) is 0.632. The maximum absolute atomic E-state index is 12.3. The summed E-state index contributed by atoms with van der Waals surface area (Å²) in [6.07, 6.45) is 5.51. The van der Waals surface area contributed by atoms with Crippen LogP contribution < -0.4 is 5.32 Å². The second-order valence-electron chi connectivity index (χ2n) is 8.15. The highest BCUT2D eigenvalue weighted by Gasteiger charge is 2.47. The van der Waals surface area contributed by atoms with E-state index in [0.29, 0.717) is 26.1 Å². The van der Waals surface area contributed by atoms with E-state index >= 15 is 0 Å². The van der Waals surface area contributed by atoms with Crippen molar-refractivity contribution in [2.45, 2.75) is 51.6 Å². The third-order valence-electron chi connectivity index (χ3n) is 5.25. The first-order chi connectivity index (χ1) is 11.8. The Hall–Kier alpha value is -2.11. The summed E-state index contributed by atoms with van der Waals surface area (Å²) in [7, 11) is 0. The largest absolute Gasteiger partial charge is 0.444 e. The molecular weight excluding hydrogens is 318 g/mol. The minimum atomic E-state index is -0.491. The van der Waals surface area contributed by atoms with Crippen molar-refractivity contribution in [3.05, 3.63) is 30.1 Å². The number of rotatable bonds is 1. The number of hydrogen-bond acceptors (Lipinski definition) is 4. The summed E-state index contributed by atoms with van der Waals surface area (Å²) in [4.78, 5) is 30.4. The number of aromatic nitrogens is 1. The number of hydrogen-bond donors (Lipinski definition) is 1. The lowest BCUT2D eigenvalue weighted by atomic mass is 9.63. The molecule has 1 aromatic rings. The summed E-state index contributed by atoms with van der Waals surface area (Å²) in [5.74, 6) is 0.338. The zero-order chi connectivity index (χ0) is 18.1. The Morgan fingerprint density at radius 3 is 2.68 bits per heavy atom. The molecule has 0 radical (unpaired) electrons. The van der Waals surface area contributed by atoms with Gasteiger partial charge in [-0.2, -0.15) is 0 Å². The van der Waals surface area contributed by atoms with Crippen molar-refractivity contribution in [2.75, 3.05) is 19.6 Å². The summed E-state index contributed by atoms with van der Waals surface area (Å²) >= 11 is 0. The number of carbonyl (C=O) groups excluding carboxylic acids is 2. The molecule has 3 rings (SSSR count). The van der Waals surface area contributed by atoms with Crippen molar-refractivity contribution < 1.29 is 14.3 Å². The van der Waals surface area contributed by atoms with E-state index in [4.69, 9.17) is 4.74 Å². The van der Waals surface area contributed by atoms with Crippen LogP contribution in [0.5, 0.6) is 0 Å². The molecule has 2 amide bonds. The summed E-state index contributed by atoms with van der Waals surface area (Å²) in [5.41, 5.74) is 0.562. The summed E-state index contributed by atoms with van der Waals surface area (Å²) < 4.78 is 5.48. The second-order valence-corrected chi connectivity index (χ2v) is 8.15. The standard InChI is InChI=1S/C19H27N3O3/c1-18(2,3)25-17(24)22-9-6-19(7-10-22)11-16(23)21-13-15(19)14-5-4-8-20-12-14/h4-5,8,12,15H,6-7,9-11,13H2,1-3H3,(H,21,23).